The highest BCUT2D eigenvalue weighted by Crippen LogP contribution is 2.29. The highest BCUT2D eigenvalue weighted by atomic mass is 16.5. The molecular formula is C16H26N2O3. The van der Waals surface area contributed by atoms with Gasteiger partial charge >= 0.3 is 0 Å². The van der Waals surface area contributed by atoms with Gasteiger partial charge in [0.15, 0.2) is 0 Å². The van der Waals surface area contributed by atoms with E-state index in [9.17, 15) is 4.79 Å². The molecule has 0 bridgehead atoms. The molecule has 21 heavy (non-hydrogen) atoms. The smallest absolute Gasteiger partial charge is 0.224 e. The standard InChI is InChI=1S/C16H26N2O3/c1-4-20-13-9-10-15(21-5-2)14(11-13)18-16(19)8-6-7-12(3)17/h9-12H,4-8,17H2,1-3H3,(H,18,19). The van der Waals surface area contributed by atoms with Crippen LogP contribution in [0, 0.1) is 0 Å². The van der Waals surface area contributed by atoms with Crippen molar-refractivity contribution in [2.45, 2.75) is 46.1 Å². The van der Waals surface area contributed by atoms with Crippen LogP contribution in [0.15, 0.2) is 18.2 Å². The number of hydrogen-bond donors (Lipinski definition) is 2. The predicted octanol–water partition coefficient (Wildman–Crippen LogP) is 2.94. The van der Waals surface area contributed by atoms with E-state index < -0.39 is 0 Å². The van der Waals surface area contributed by atoms with E-state index in [1.165, 1.54) is 0 Å². The second-order valence-corrected chi connectivity index (χ2v) is 4.94. The van der Waals surface area contributed by atoms with Gasteiger partial charge in [0.1, 0.15) is 11.5 Å². The van der Waals surface area contributed by atoms with Crippen LogP contribution in [0.1, 0.15) is 40.0 Å². The number of nitrogens with one attached hydrogen (secondary N) is 1. The third kappa shape index (κ3) is 6.49. The summed E-state index contributed by atoms with van der Waals surface area (Å²) in [5, 5.41) is 2.88. The molecule has 5 nitrogen and oxygen atoms in total. The first-order valence-corrected chi connectivity index (χ1v) is 7.51. The molecule has 1 aromatic carbocycles. The number of hydrogen-bond acceptors (Lipinski definition) is 4. The lowest BCUT2D eigenvalue weighted by molar-refractivity contribution is -0.116. The Hall–Kier alpha value is -1.75. The average molecular weight is 294 g/mol. The van der Waals surface area contributed by atoms with E-state index >= 15 is 0 Å². The third-order valence-electron chi connectivity index (χ3n) is 2.90. The number of benzene rings is 1. The largest absolute Gasteiger partial charge is 0.494 e. The molecule has 5 heteroatoms. The number of carbonyl (C=O) groups is 1. The fourth-order valence-electron chi connectivity index (χ4n) is 1.94. The minimum atomic E-state index is -0.0368. The van der Waals surface area contributed by atoms with Crippen LogP contribution in [0.2, 0.25) is 0 Å². The van der Waals surface area contributed by atoms with Crippen molar-refractivity contribution in [1.29, 1.82) is 0 Å². The summed E-state index contributed by atoms with van der Waals surface area (Å²) in [6, 6.07) is 5.56. The number of anilines is 1. The molecule has 0 spiro atoms. The molecule has 0 aliphatic rings. The molecule has 1 rings (SSSR count). The van der Waals surface area contributed by atoms with Crippen molar-refractivity contribution >= 4 is 11.6 Å². The number of amides is 1. The van der Waals surface area contributed by atoms with Crippen molar-refractivity contribution in [3.05, 3.63) is 18.2 Å². The highest BCUT2D eigenvalue weighted by Gasteiger charge is 2.10. The zero-order valence-electron chi connectivity index (χ0n) is 13.1. The molecule has 1 unspecified atom stereocenters. The molecule has 0 saturated carbocycles. The molecule has 3 N–H and O–H groups in total. The molecule has 0 aromatic heterocycles. The lowest BCUT2D eigenvalue weighted by Gasteiger charge is -2.13. The quantitative estimate of drug-likeness (QED) is 0.734. The average Bonchev–Trinajstić information content (AvgIpc) is 2.41. The molecular weight excluding hydrogens is 268 g/mol. The van der Waals surface area contributed by atoms with Gasteiger partial charge in [-0.05, 0) is 45.7 Å². The maximum atomic E-state index is 12.0. The molecule has 0 saturated heterocycles. The maximum Gasteiger partial charge on any atom is 0.224 e. The van der Waals surface area contributed by atoms with E-state index in [4.69, 9.17) is 15.2 Å². The van der Waals surface area contributed by atoms with Crippen LogP contribution < -0.4 is 20.5 Å². The summed E-state index contributed by atoms with van der Waals surface area (Å²) < 4.78 is 11.0. The van der Waals surface area contributed by atoms with Gasteiger partial charge < -0.3 is 20.5 Å². The van der Waals surface area contributed by atoms with Crippen molar-refractivity contribution in [3.8, 4) is 11.5 Å². The summed E-state index contributed by atoms with van der Waals surface area (Å²) in [5.74, 6) is 1.33. The fraction of sp³-hybridized carbons (Fsp3) is 0.562. The second kappa shape index (κ2) is 9.23. The first kappa shape index (κ1) is 17.3. The molecule has 1 aromatic rings. The van der Waals surface area contributed by atoms with E-state index in [2.05, 4.69) is 5.32 Å². The second-order valence-electron chi connectivity index (χ2n) is 4.94. The summed E-state index contributed by atoms with van der Waals surface area (Å²) in [6.45, 7) is 6.89. The normalized spacial score (nSPS) is 11.8. The molecule has 1 atom stereocenters. The van der Waals surface area contributed by atoms with Gasteiger partial charge in [-0.1, -0.05) is 0 Å². The monoisotopic (exact) mass is 294 g/mol. The molecule has 0 aliphatic heterocycles. The van der Waals surface area contributed by atoms with E-state index in [0.29, 0.717) is 36.8 Å². The van der Waals surface area contributed by atoms with E-state index in [0.717, 1.165) is 12.8 Å². The molecule has 118 valence electrons. The Labute approximate surface area is 126 Å². The first-order valence-electron chi connectivity index (χ1n) is 7.51. The molecule has 1 amide bonds. The van der Waals surface area contributed by atoms with Gasteiger partial charge in [-0.15, -0.1) is 0 Å². The van der Waals surface area contributed by atoms with E-state index in [1.54, 1.807) is 6.07 Å². The number of carbonyl (C=O) groups excluding carboxylic acids is 1. The maximum absolute atomic E-state index is 12.0. The summed E-state index contributed by atoms with van der Waals surface area (Å²) in [4.78, 5) is 12.0. The van der Waals surface area contributed by atoms with Crippen LogP contribution in [-0.2, 0) is 4.79 Å². The van der Waals surface area contributed by atoms with Gasteiger partial charge in [-0.25, -0.2) is 0 Å². The van der Waals surface area contributed by atoms with E-state index in [1.807, 2.05) is 32.9 Å². The van der Waals surface area contributed by atoms with Gasteiger partial charge in [0.2, 0.25) is 5.91 Å². The molecule has 0 aliphatic carbocycles. The zero-order valence-corrected chi connectivity index (χ0v) is 13.1. The Balaban J connectivity index is 2.69. The fourth-order valence-corrected chi connectivity index (χ4v) is 1.94. The van der Waals surface area contributed by atoms with Gasteiger partial charge in [-0.3, -0.25) is 4.79 Å². The van der Waals surface area contributed by atoms with Crippen LogP contribution in [0.5, 0.6) is 11.5 Å². The number of ether oxygens (including phenoxy) is 2. The minimum Gasteiger partial charge on any atom is -0.494 e. The zero-order chi connectivity index (χ0) is 15.7. The van der Waals surface area contributed by atoms with Gasteiger partial charge in [-0.2, -0.15) is 0 Å². The lowest BCUT2D eigenvalue weighted by atomic mass is 10.1. The van der Waals surface area contributed by atoms with Gasteiger partial charge in [0.25, 0.3) is 0 Å². The van der Waals surface area contributed by atoms with E-state index in [-0.39, 0.29) is 11.9 Å². The third-order valence-corrected chi connectivity index (χ3v) is 2.90. The summed E-state index contributed by atoms with van der Waals surface area (Å²) in [5.41, 5.74) is 6.33. The SMILES string of the molecule is CCOc1ccc(OCC)c(NC(=O)CCCC(C)N)c1. The van der Waals surface area contributed by atoms with Crippen LogP contribution in [0.25, 0.3) is 0 Å². The topological polar surface area (TPSA) is 73.6 Å². The van der Waals surface area contributed by atoms with Crippen molar-refractivity contribution in [1.82, 2.24) is 0 Å². The van der Waals surface area contributed by atoms with Crippen LogP contribution in [-0.4, -0.2) is 25.2 Å². The van der Waals surface area contributed by atoms with Crippen molar-refractivity contribution in [3.63, 3.8) is 0 Å². The Kier molecular flexibility index (Phi) is 7.61. The van der Waals surface area contributed by atoms with Crippen molar-refractivity contribution in [2.24, 2.45) is 5.73 Å². The summed E-state index contributed by atoms with van der Waals surface area (Å²) >= 11 is 0. The van der Waals surface area contributed by atoms with Crippen LogP contribution >= 0.6 is 0 Å². The Morgan fingerprint density at radius 1 is 1.29 bits per heavy atom. The minimum absolute atomic E-state index is 0.0368. The number of nitrogens with two attached hydrogens (primary N) is 1. The number of rotatable bonds is 9. The van der Waals surface area contributed by atoms with Gasteiger partial charge in [0.05, 0.1) is 18.9 Å². The van der Waals surface area contributed by atoms with Crippen molar-refractivity contribution < 1.29 is 14.3 Å². The molecule has 0 radical (unpaired) electrons. The summed E-state index contributed by atoms with van der Waals surface area (Å²) in [7, 11) is 0. The Morgan fingerprint density at radius 2 is 2.00 bits per heavy atom. The predicted molar refractivity (Wildman–Crippen MR) is 84.9 cm³/mol. The Bertz CT molecular complexity index is 447. The molecule has 0 fully saturated rings. The van der Waals surface area contributed by atoms with Gasteiger partial charge in [0, 0.05) is 18.5 Å². The summed E-state index contributed by atoms with van der Waals surface area (Å²) in [6.07, 6.45) is 2.06. The first-order chi connectivity index (χ1) is 10.1. The lowest BCUT2D eigenvalue weighted by Crippen LogP contribution is -2.17. The van der Waals surface area contributed by atoms with Crippen LogP contribution in [0.3, 0.4) is 0 Å². The highest BCUT2D eigenvalue weighted by molar-refractivity contribution is 5.92. The van der Waals surface area contributed by atoms with Crippen molar-refractivity contribution in [2.75, 3.05) is 18.5 Å². The molecule has 0 heterocycles. The Morgan fingerprint density at radius 3 is 2.62 bits per heavy atom. The van der Waals surface area contributed by atoms with Crippen LogP contribution in [0.4, 0.5) is 5.69 Å².